The molecule has 30 heavy (non-hydrogen) atoms. The molecular formula is C20H17ClN6O3. The first-order valence-electron chi connectivity index (χ1n) is 9.13. The van der Waals surface area contributed by atoms with Crippen LogP contribution >= 0.6 is 11.6 Å². The smallest absolute Gasteiger partial charge is 0.264 e. The van der Waals surface area contributed by atoms with Crippen molar-refractivity contribution in [2.24, 2.45) is 0 Å². The van der Waals surface area contributed by atoms with Crippen molar-refractivity contribution in [3.63, 3.8) is 0 Å². The highest BCUT2D eigenvalue weighted by Crippen LogP contribution is 2.12. The summed E-state index contributed by atoms with van der Waals surface area (Å²) in [5.41, 5.74) is 1.20. The van der Waals surface area contributed by atoms with Crippen LogP contribution in [-0.4, -0.2) is 36.8 Å². The Morgan fingerprint density at radius 3 is 2.83 bits per heavy atom. The second kappa shape index (κ2) is 8.34. The summed E-state index contributed by atoms with van der Waals surface area (Å²) in [6.07, 6.45) is 4.30. The maximum Gasteiger partial charge on any atom is 0.264 e. The van der Waals surface area contributed by atoms with Gasteiger partial charge in [0.25, 0.3) is 11.5 Å². The van der Waals surface area contributed by atoms with Gasteiger partial charge in [0.05, 0.1) is 24.8 Å². The van der Waals surface area contributed by atoms with E-state index in [1.165, 1.54) is 35.4 Å². The summed E-state index contributed by atoms with van der Waals surface area (Å²) in [5, 5.41) is 7.96. The molecule has 0 atom stereocenters. The second-order valence-corrected chi connectivity index (χ2v) is 7.05. The minimum absolute atomic E-state index is 0.205. The molecule has 0 aliphatic rings. The minimum atomic E-state index is -0.320. The molecule has 0 radical (unpaired) electrons. The third-order valence-electron chi connectivity index (χ3n) is 4.52. The van der Waals surface area contributed by atoms with Crippen molar-refractivity contribution in [2.75, 3.05) is 6.54 Å². The first kappa shape index (κ1) is 19.6. The number of nitrogens with one attached hydrogen (secondary N) is 2. The number of benzene rings is 1. The van der Waals surface area contributed by atoms with Crippen LogP contribution in [0.15, 0.2) is 64.7 Å². The van der Waals surface area contributed by atoms with Gasteiger partial charge < -0.3 is 10.3 Å². The quantitative estimate of drug-likeness (QED) is 0.485. The van der Waals surface area contributed by atoms with Crippen molar-refractivity contribution < 1.29 is 4.79 Å². The summed E-state index contributed by atoms with van der Waals surface area (Å²) in [6, 6.07) is 10.0. The predicted molar refractivity (Wildman–Crippen MR) is 112 cm³/mol. The topological polar surface area (TPSA) is 115 Å². The first-order chi connectivity index (χ1) is 14.5. The Morgan fingerprint density at radius 1 is 1.20 bits per heavy atom. The van der Waals surface area contributed by atoms with Gasteiger partial charge in [-0.25, -0.2) is 9.67 Å². The molecule has 0 aliphatic carbocycles. The molecule has 0 spiro atoms. The highest BCUT2D eigenvalue weighted by molar-refractivity contribution is 6.30. The number of fused-ring (bicyclic) bond motifs is 1. The summed E-state index contributed by atoms with van der Waals surface area (Å²) in [5.74, 6) is -0.320. The number of carbonyl (C=O) groups excluding carboxylic acids is 1. The largest absolute Gasteiger partial charge is 0.350 e. The van der Waals surface area contributed by atoms with E-state index < -0.39 is 0 Å². The second-order valence-electron chi connectivity index (χ2n) is 6.61. The van der Waals surface area contributed by atoms with E-state index in [2.05, 4.69) is 20.4 Å². The zero-order valence-corrected chi connectivity index (χ0v) is 16.5. The summed E-state index contributed by atoms with van der Waals surface area (Å²) < 4.78 is 3.06. The normalized spacial score (nSPS) is 11.0. The maximum absolute atomic E-state index is 12.8. The molecule has 0 fully saturated rings. The van der Waals surface area contributed by atoms with Crippen molar-refractivity contribution in [1.29, 1.82) is 0 Å². The Balaban J connectivity index is 1.46. The van der Waals surface area contributed by atoms with Crippen LogP contribution in [0.3, 0.4) is 0 Å². The molecule has 1 aromatic carbocycles. The summed E-state index contributed by atoms with van der Waals surface area (Å²) in [6.45, 7) is 0.966. The number of rotatable bonds is 6. The van der Waals surface area contributed by atoms with Crippen LogP contribution in [0.2, 0.25) is 5.02 Å². The Labute approximate surface area is 175 Å². The third-order valence-corrected chi connectivity index (χ3v) is 4.75. The molecule has 1 amide bonds. The fraction of sp³-hybridized carbons (Fsp3) is 0.150. The van der Waals surface area contributed by atoms with Crippen LogP contribution in [0.5, 0.6) is 0 Å². The Kier molecular flexibility index (Phi) is 5.44. The standard InChI is InChI=1S/C20H17ClN6O3/c21-15-3-1-2-13(8-15)11-26-12-24-18-16(20(26)30)10-25-27(18)7-6-22-19(29)14-4-5-17(28)23-9-14/h1-5,8-10,12H,6-7,11H2,(H,22,29)(H,23,28). The van der Waals surface area contributed by atoms with Crippen LogP contribution in [0.25, 0.3) is 11.0 Å². The van der Waals surface area contributed by atoms with E-state index in [0.717, 1.165) is 5.56 Å². The SMILES string of the molecule is O=C(NCCn1ncc2c(=O)n(Cc3cccc(Cl)c3)cnc21)c1ccc(=O)[nH]c1. The van der Waals surface area contributed by atoms with Gasteiger partial charge in [-0.15, -0.1) is 0 Å². The number of pyridine rings is 1. The minimum Gasteiger partial charge on any atom is -0.350 e. The van der Waals surface area contributed by atoms with E-state index in [0.29, 0.717) is 34.7 Å². The molecule has 4 aromatic rings. The Morgan fingerprint density at radius 2 is 2.07 bits per heavy atom. The van der Waals surface area contributed by atoms with E-state index in [9.17, 15) is 14.4 Å². The number of aromatic amines is 1. The van der Waals surface area contributed by atoms with Crippen molar-refractivity contribution in [2.45, 2.75) is 13.1 Å². The average molecular weight is 425 g/mol. The molecule has 3 heterocycles. The highest BCUT2D eigenvalue weighted by Gasteiger charge is 2.11. The van der Waals surface area contributed by atoms with Crippen molar-refractivity contribution in [3.8, 4) is 0 Å². The number of halogens is 1. The summed E-state index contributed by atoms with van der Waals surface area (Å²) >= 11 is 6.00. The van der Waals surface area contributed by atoms with Gasteiger partial charge in [0.2, 0.25) is 5.56 Å². The molecule has 152 valence electrons. The van der Waals surface area contributed by atoms with Crippen LogP contribution in [0, 0.1) is 0 Å². The van der Waals surface area contributed by atoms with Gasteiger partial charge in [-0.2, -0.15) is 5.10 Å². The molecule has 9 nitrogen and oxygen atoms in total. The van der Waals surface area contributed by atoms with Crippen molar-refractivity contribution in [1.82, 2.24) is 29.6 Å². The summed E-state index contributed by atoms with van der Waals surface area (Å²) in [4.78, 5) is 42.8. The highest BCUT2D eigenvalue weighted by atomic mass is 35.5. The van der Waals surface area contributed by atoms with E-state index in [1.54, 1.807) is 16.8 Å². The monoisotopic (exact) mass is 424 g/mol. The van der Waals surface area contributed by atoms with Crippen LogP contribution in [0.1, 0.15) is 15.9 Å². The fourth-order valence-electron chi connectivity index (χ4n) is 3.03. The molecule has 3 aromatic heterocycles. The number of carbonyl (C=O) groups is 1. The van der Waals surface area contributed by atoms with Crippen LogP contribution in [-0.2, 0) is 13.1 Å². The Bertz CT molecular complexity index is 1320. The lowest BCUT2D eigenvalue weighted by atomic mass is 10.2. The molecule has 0 unspecified atom stereocenters. The van der Waals surface area contributed by atoms with Gasteiger partial charge >= 0.3 is 0 Å². The van der Waals surface area contributed by atoms with Gasteiger partial charge in [0, 0.05) is 23.8 Å². The van der Waals surface area contributed by atoms with Crippen LogP contribution < -0.4 is 16.4 Å². The number of H-pyrrole nitrogens is 1. The molecule has 4 rings (SSSR count). The average Bonchev–Trinajstić information content (AvgIpc) is 3.14. The zero-order chi connectivity index (χ0) is 21.1. The van der Waals surface area contributed by atoms with Crippen LogP contribution in [0.4, 0.5) is 0 Å². The van der Waals surface area contributed by atoms with E-state index in [4.69, 9.17) is 11.6 Å². The number of hydrogen-bond donors (Lipinski definition) is 2. The first-order valence-corrected chi connectivity index (χ1v) is 9.51. The summed E-state index contributed by atoms with van der Waals surface area (Å²) in [7, 11) is 0. The van der Waals surface area contributed by atoms with Gasteiger partial charge in [-0.05, 0) is 23.8 Å². The molecule has 10 heteroatoms. The van der Waals surface area contributed by atoms with Gasteiger partial charge in [0.1, 0.15) is 11.7 Å². The van der Waals surface area contributed by atoms with E-state index in [1.807, 2.05) is 12.1 Å². The molecule has 2 N–H and O–H groups in total. The molecule has 0 bridgehead atoms. The van der Waals surface area contributed by atoms with Gasteiger partial charge in [-0.3, -0.25) is 19.0 Å². The Hall–Kier alpha value is -3.72. The lowest BCUT2D eigenvalue weighted by molar-refractivity contribution is 0.0951. The lowest BCUT2D eigenvalue weighted by Gasteiger charge is -2.08. The van der Waals surface area contributed by atoms with Crippen molar-refractivity contribution in [3.05, 3.63) is 92.0 Å². The maximum atomic E-state index is 12.8. The van der Waals surface area contributed by atoms with Gasteiger partial charge in [0.15, 0.2) is 5.65 Å². The molecule has 0 saturated heterocycles. The number of hydrogen-bond acceptors (Lipinski definition) is 5. The fourth-order valence-corrected chi connectivity index (χ4v) is 3.25. The number of nitrogens with zero attached hydrogens (tertiary/aromatic N) is 4. The number of aromatic nitrogens is 5. The predicted octanol–water partition coefficient (Wildman–Crippen LogP) is 1.41. The molecular weight excluding hydrogens is 408 g/mol. The lowest BCUT2D eigenvalue weighted by Crippen LogP contribution is -2.28. The van der Waals surface area contributed by atoms with Gasteiger partial charge in [-0.1, -0.05) is 23.7 Å². The van der Waals surface area contributed by atoms with Crippen molar-refractivity contribution >= 4 is 28.5 Å². The zero-order valence-electron chi connectivity index (χ0n) is 15.7. The molecule has 0 aliphatic heterocycles. The van der Waals surface area contributed by atoms with E-state index in [-0.39, 0.29) is 23.6 Å². The number of amides is 1. The molecule has 0 saturated carbocycles. The third kappa shape index (κ3) is 4.15. The van der Waals surface area contributed by atoms with E-state index >= 15 is 0 Å².